The van der Waals surface area contributed by atoms with E-state index >= 15 is 0 Å². The number of rotatable bonds is 2. The topological polar surface area (TPSA) is 16.1 Å². The predicted molar refractivity (Wildman–Crippen MR) is 69.0 cm³/mol. The van der Waals surface area contributed by atoms with Crippen LogP contribution in [0.2, 0.25) is 0 Å². The van der Waals surface area contributed by atoms with Crippen LogP contribution in [-0.2, 0) is 5.88 Å². The van der Waals surface area contributed by atoms with Crippen LogP contribution in [0.1, 0.15) is 32.3 Å². The molecule has 2 heterocycles. The molecule has 88 valence electrons. The van der Waals surface area contributed by atoms with E-state index in [2.05, 4.69) is 29.8 Å². The minimum atomic E-state index is 0.400. The summed E-state index contributed by atoms with van der Waals surface area (Å²) in [6.45, 7) is 6.85. The van der Waals surface area contributed by atoms with Gasteiger partial charge in [0.25, 0.3) is 0 Å². The Morgan fingerprint density at radius 2 is 2.31 bits per heavy atom. The molecule has 1 aromatic rings. The molecule has 0 amide bonds. The van der Waals surface area contributed by atoms with Gasteiger partial charge in [0.15, 0.2) is 0 Å². The van der Waals surface area contributed by atoms with Crippen LogP contribution in [0.5, 0.6) is 0 Å². The molecule has 0 saturated carbocycles. The van der Waals surface area contributed by atoms with Crippen molar-refractivity contribution in [3.63, 3.8) is 0 Å². The third-order valence-electron chi connectivity index (χ3n) is 3.19. The van der Waals surface area contributed by atoms with E-state index in [9.17, 15) is 0 Å². The molecule has 16 heavy (non-hydrogen) atoms. The summed E-state index contributed by atoms with van der Waals surface area (Å²) in [6, 6.07) is 4.08. The van der Waals surface area contributed by atoms with Crippen LogP contribution in [0, 0.1) is 5.41 Å². The van der Waals surface area contributed by atoms with Crippen molar-refractivity contribution in [1.82, 2.24) is 4.98 Å². The molecule has 1 fully saturated rings. The Morgan fingerprint density at radius 1 is 1.50 bits per heavy atom. The summed E-state index contributed by atoms with van der Waals surface area (Å²) in [5, 5.41) is 0. The summed E-state index contributed by atoms with van der Waals surface area (Å²) in [4.78, 5) is 6.82. The van der Waals surface area contributed by atoms with Crippen LogP contribution in [0.25, 0.3) is 0 Å². The van der Waals surface area contributed by atoms with Crippen molar-refractivity contribution < 1.29 is 0 Å². The average molecular weight is 239 g/mol. The van der Waals surface area contributed by atoms with Gasteiger partial charge in [-0.1, -0.05) is 13.8 Å². The summed E-state index contributed by atoms with van der Waals surface area (Å²) >= 11 is 5.85. The third-order valence-corrected chi connectivity index (χ3v) is 3.50. The molecule has 0 spiro atoms. The Hall–Kier alpha value is -0.760. The average Bonchev–Trinajstić information content (AvgIpc) is 2.28. The minimum absolute atomic E-state index is 0.400. The van der Waals surface area contributed by atoms with Crippen LogP contribution < -0.4 is 4.90 Å². The molecule has 0 unspecified atom stereocenters. The molecule has 2 nitrogen and oxygen atoms in total. The van der Waals surface area contributed by atoms with E-state index in [0.717, 1.165) is 24.5 Å². The first-order valence-corrected chi connectivity index (χ1v) is 6.40. The van der Waals surface area contributed by atoms with Gasteiger partial charge < -0.3 is 4.90 Å². The van der Waals surface area contributed by atoms with Gasteiger partial charge in [-0.05, 0) is 36.0 Å². The molecule has 0 bridgehead atoms. The Morgan fingerprint density at radius 3 is 3.00 bits per heavy atom. The first-order chi connectivity index (χ1) is 7.61. The Bertz CT molecular complexity index is 363. The van der Waals surface area contributed by atoms with Crippen LogP contribution >= 0.6 is 11.6 Å². The number of pyridine rings is 1. The van der Waals surface area contributed by atoms with Gasteiger partial charge in [0.1, 0.15) is 5.82 Å². The Kier molecular flexibility index (Phi) is 3.38. The van der Waals surface area contributed by atoms with Gasteiger partial charge >= 0.3 is 0 Å². The van der Waals surface area contributed by atoms with Crippen molar-refractivity contribution in [2.45, 2.75) is 32.6 Å². The predicted octanol–water partition coefficient (Wildman–Crippen LogP) is 3.45. The number of piperidine rings is 1. The lowest BCUT2D eigenvalue weighted by Gasteiger charge is -2.38. The van der Waals surface area contributed by atoms with Crippen LogP contribution in [-0.4, -0.2) is 18.1 Å². The molecule has 1 aliphatic heterocycles. The van der Waals surface area contributed by atoms with Gasteiger partial charge in [0, 0.05) is 25.2 Å². The molecule has 1 aliphatic rings. The highest BCUT2D eigenvalue weighted by Gasteiger charge is 2.26. The van der Waals surface area contributed by atoms with Gasteiger partial charge in [0.05, 0.1) is 0 Å². The molecule has 1 aromatic heterocycles. The Balaban J connectivity index is 2.16. The van der Waals surface area contributed by atoms with Gasteiger partial charge in [0.2, 0.25) is 0 Å². The van der Waals surface area contributed by atoms with E-state index < -0.39 is 0 Å². The first kappa shape index (κ1) is 11.7. The van der Waals surface area contributed by atoms with Crippen LogP contribution in [0.4, 0.5) is 5.82 Å². The molecule has 0 aliphatic carbocycles. The molecule has 3 heteroatoms. The molecule has 0 N–H and O–H groups in total. The maximum Gasteiger partial charge on any atom is 0.128 e. The van der Waals surface area contributed by atoms with E-state index in [4.69, 9.17) is 11.6 Å². The highest BCUT2D eigenvalue weighted by atomic mass is 35.5. The van der Waals surface area contributed by atoms with Crippen molar-refractivity contribution in [2.75, 3.05) is 18.0 Å². The van der Waals surface area contributed by atoms with Crippen molar-refractivity contribution in [2.24, 2.45) is 5.41 Å². The molecule has 1 saturated heterocycles. The summed E-state index contributed by atoms with van der Waals surface area (Å²) in [6.07, 6.45) is 4.41. The number of anilines is 1. The van der Waals surface area contributed by atoms with Crippen molar-refractivity contribution in [3.05, 3.63) is 23.9 Å². The van der Waals surface area contributed by atoms with Gasteiger partial charge in [-0.3, -0.25) is 0 Å². The second-order valence-electron chi connectivity index (χ2n) is 5.35. The second-order valence-corrected chi connectivity index (χ2v) is 5.61. The standard InChI is InChI=1S/C13H19ClN2/c1-13(2)5-3-7-16(10-13)12-8-11(9-14)4-6-15-12/h4,6,8H,3,5,7,9-10H2,1-2H3. The van der Waals surface area contributed by atoms with Crippen molar-refractivity contribution in [3.8, 4) is 0 Å². The van der Waals surface area contributed by atoms with E-state index in [-0.39, 0.29) is 0 Å². The van der Waals surface area contributed by atoms with Crippen LogP contribution in [0.15, 0.2) is 18.3 Å². The minimum Gasteiger partial charge on any atom is -0.356 e. The summed E-state index contributed by atoms with van der Waals surface area (Å²) in [7, 11) is 0. The highest BCUT2D eigenvalue weighted by molar-refractivity contribution is 6.17. The first-order valence-electron chi connectivity index (χ1n) is 5.87. The Labute approximate surface area is 103 Å². The number of nitrogens with zero attached hydrogens (tertiary/aromatic N) is 2. The molecule has 0 radical (unpaired) electrons. The smallest absolute Gasteiger partial charge is 0.128 e. The maximum atomic E-state index is 5.85. The molecule has 2 rings (SSSR count). The molecule has 0 aromatic carbocycles. The number of hydrogen-bond acceptors (Lipinski definition) is 2. The normalized spacial score (nSPS) is 19.8. The fourth-order valence-electron chi connectivity index (χ4n) is 2.34. The van der Waals surface area contributed by atoms with Gasteiger partial charge in [-0.25, -0.2) is 4.98 Å². The molecular weight excluding hydrogens is 220 g/mol. The van der Waals surface area contributed by atoms with Gasteiger partial charge in [-0.15, -0.1) is 11.6 Å². The fraction of sp³-hybridized carbons (Fsp3) is 0.615. The zero-order chi connectivity index (χ0) is 11.6. The maximum absolute atomic E-state index is 5.85. The number of halogens is 1. The number of aromatic nitrogens is 1. The van der Waals surface area contributed by atoms with E-state index in [1.54, 1.807) is 0 Å². The quantitative estimate of drug-likeness (QED) is 0.734. The van der Waals surface area contributed by atoms with Crippen molar-refractivity contribution in [1.29, 1.82) is 0 Å². The highest BCUT2D eigenvalue weighted by Crippen LogP contribution is 2.30. The largest absolute Gasteiger partial charge is 0.356 e. The number of hydrogen-bond donors (Lipinski definition) is 0. The fourth-order valence-corrected chi connectivity index (χ4v) is 2.50. The lowest BCUT2D eigenvalue weighted by Crippen LogP contribution is -2.40. The lowest BCUT2D eigenvalue weighted by atomic mass is 9.84. The molecular formula is C13H19ClN2. The molecule has 0 atom stereocenters. The SMILES string of the molecule is CC1(C)CCCN(c2cc(CCl)ccn2)C1. The zero-order valence-electron chi connectivity index (χ0n) is 10.0. The third kappa shape index (κ3) is 2.67. The summed E-state index contributed by atoms with van der Waals surface area (Å²) in [5.74, 6) is 1.64. The van der Waals surface area contributed by atoms with E-state index in [1.165, 1.54) is 12.8 Å². The van der Waals surface area contributed by atoms with E-state index in [0.29, 0.717) is 11.3 Å². The van der Waals surface area contributed by atoms with Crippen molar-refractivity contribution >= 4 is 17.4 Å². The zero-order valence-corrected chi connectivity index (χ0v) is 10.8. The lowest BCUT2D eigenvalue weighted by molar-refractivity contribution is 0.292. The van der Waals surface area contributed by atoms with Gasteiger partial charge in [-0.2, -0.15) is 0 Å². The summed E-state index contributed by atoms with van der Waals surface area (Å²) < 4.78 is 0. The number of alkyl halides is 1. The van der Waals surface area contributed by atoms with E-state index in [1.807, 2.05) is 12.3 Å². The second kappa shape index (κ2) is 4.62. The van der Waals surface area contributed by atoms with Crippen LogP contribution in [0.3, 0.4) is 0 Å². The summed E-state index contributed by atoms with van der Waals surface area (Å²) in [5.41, 5.74) is 1.55. The monoisotopic (exact) mass is 238 g/mol.